The topological polar surface area (TPSA) is 89.0 Å². The Bertz CT molecular complexity index is 344. The Morgan fingerprint density at radius 2 is 1.95 bits per heavy atom. The molecule has 0 aliphatic heterocycles. The molecule has 114 valence electrons. The zero-order chi connectivity index (χ0) is 14.6. The third-order valence-electron chi connectivity index (χ3n) is 2.05. The summed E-state index contributed by atoms with van der Waals surface area (Å²) in [4.78, 5) is 4.28. The van der Waals surface area contributed by atoms with Gasteiger partial charge in [-0.25, -0.2) is 8.42 Å². The molecule has 0 radical (unpaired) electrons. The lowest BCUT2D eigenvalue weighted by Crippen LogP contribution is -2.39. The van der Waals surface area contributed by atoms with E-state index in [1.165, 1.54) is 6.26 Å². The fourth-order valence-electron chi connectivity index (χ4n) is 1.15. The molecule has 0 spiro atoms. The molecule has 0 aliphatic carbocycles. The SMILES string of the molecule is CCNC(=NCCOCCS(C)(=O)=O)NCCOC. The van der Waals surface area contributed by atoms with E-state index in [9.17, 15) is 8.42 Å². The van der Waals surface area contributed by atoms with Crippen molar-refractivity contribution in [1.29, 1.82) is 0 Å². The van der Waals surface area contributed by atoms with Gasteiger partial charge in [0.05, 0.1) is 32.1 Å². The van der Waals surface area contributed by atoms with Gasteiger partial charge < -0.3 is 20.1 Å². The first kappa shape index (κ1) is 18.1. The summed E-state index contributed by atoms with van der Waals surface area (Å²) in [5.41, 5.74) is 0. The standard InChI is InChI=1S/C11H25N3O4S/c1-4-12-11(13-5-7-17-2)14-6-8-18-9-10-19(3,15)16/h4-10H2,1-3H3,(H2,12,13,14). The average Bonchev–Trinajstić information content (AvgIpc) is 2.32. The average molecular weight is 295 g/mol. The van der Waals surface area contributed by atoms with Crippen LogP contribution in [0.5, 0.6) is 0 Å². The second-order valence-corrected chi connectivity index (χ2v) is 6.18. The van der Waals surface area contributed by atoms with E-state index >= 15 is 0 Å². The van der Waals surface area contributed by atoms with Gasteiger partial charge in [0.1, 0.15) is 9.84 Å². The number of nitrogens with one attached hydrogen (secondary N) is 2. The van der Waals surface area contributed by atoms with Crippen LogP contribution in [0.1, 0.15) is 6.92 Å². The lowest BCUT2D eigenvalue weighted by molar-refractivity contribution is 0.157. The second kappa shape index (κ2) is 11.0. The van der Waals surface area contributed by atoms with Gasteiger partial charge >= 0.3 is 0 Å². The number of sulfone groups is 1. The van der Waals surface area contributed by atoms with Crippen LogP contribution < -0.4 is 10.6 Å². The van der Waals surface area contributed by atoms with Gasteiger partial charge in [-0.1, -0.05) is 0 Å². The Kier molecular flexibility index (Phi) is 10.5. The molecule has 0 rings (SSSR count). The van der Waals surface area contributed by atoms with E-state index in [4.69, 9.17) is 9.47 Å². The fraction of sp³-hybridized carbons (Fsp3) is 0.909. The van der Waals surface area contributed by atoms with E-state index in [1.807, 2.05) is 6.92 Å². The summed E-state index contributed by atoms with van der Waals surface area (Å²) in [6.45, 7) is 5.13. The van der Waals surface area contributed by atoms with Crippen molar-refractivity contribution in [1.82, 2.24) is 10.6 Å². The number of hydrogen-bond donors (Lipinski definition) is 2. The lowest BCUT2D eigenvalue weighted by atomic mass is 10.6. The summed E-state index contributed by atoms with van der Waals surface area (Å²) in [7, 11) is -1.31. The Labute approximate surface area is 115 Å². The van der Waals surface area contributed by atoms with Crippen LogP contribution in [0.25, 0.3) is 0 Å². The molecule has 0 heterocycles. The summed E-state index contributed by atoms with van der Waals surface area (Å²) in [6.07, 6.45) is 1.19. The maximum absolute atomic E-state index is 10.9. The van der Waals surface area contributed by atoms with E-state index in [-0.39, 0.29) is 12.4 Å². The highest BCUT2D eigenvalue weighted by molar-refractivity contribution is 7.90. The maximum Gasteiger partial charge on any atom is 0.191 e. The molecular formula is C11H25N3O4S. The molecule has 0 saturated heterocycles. The van der Waals surface area contributed by atoms with E-state index in [2.05, 4.69) is 15.6 Å². The molecular weight excluding hydrogens is 270 g/mol. The third kappa shape index (κ3) is 13.4. The molecule has 0 aliphatic rings. The normalized spacial score (nSPS) is 12.5. The van der Waals surface area contributed by atoms with Crippen molar-refractivity contribution < 1.29 is 17.9 Å². The van der Waals surface area contributed by atoms with Crippen molar-refractivity contribution in [2.75, 3.05) is 58.6 Å². The van der Waals surface area contributed by atoms with Crippen LogP contribution in [-0.2, 0) is 19.3 Å². The number of aliphatic imine (C=N–C) groups is 1. The van der Waals surface area contributed by atoms with Crippen molar-refractivity contribution in [3.63, 3.8) is 0 Å². The predicted molar refractivity (Wildman–Crippen MR) is 76.4 cm³/mol. The molecule has 7 nitrogen and oxygen atoms in total. The van der Waals surface area contributed by atoms with Crippen molar-refractivity contribution in [3.8, 4) is 0 Å². The van der Waals surface area contributed by atoms with Gasteiger partial charge in [0, 0.05) is 26.5 Å². The molecule has 0 fully saturated rings. The molecule has 0 aromatic carbocycles. The molecule has 8 heteroatoms. The van der Waals surface area contributed by atoms with Crippen LogP contribution in [0, 0.1) is 0 Å². The summed E-state index contributed by atoms with van der Waals surface area (Å²) in [5, 5.41) is 6.19. The molecule has 2 N–H and O–H groups in total. The number of hydrogen-bond acceptors (Lipinski definition) is 5. The zero-order valence-electron chi connectivity index (χ0n) is 11.9. The van der Waals surface area contributed by atoms with Gasteiger partial charge in [-0.15, -0.1) is 0 Å². The van der Waals surface area contributed by atoms with Gasteiger partial charge in [-0.05, 0) is 6.92 Å². The first-order valence-electron chi connectivity index (χ1n) is 6.26. The van der Waals surface area contributed by atoms with Crippen LogP contribution in [0.2, 0.25) is 0 Å². The van der Waals surface area contributed by atoms with E-state index in [0.717, 1.165) is 6.54 Å². The minimum absolute atomic E-state index is 0.0445. The maximum atomic E-state index is 10.9. The summed E-state index contributed by atoms with van der Waals surface area (Å²) >= 11 is 0. The number of guanidine groups is 1. The first-order chi connectivity index (χ1) is 8.99. The number of nitrogens with zero attached hydrogens (tertiary/aromatic N) is 1. The van der Waals surface area contributed by atoms with E-state index < -0.39 is 9.84 Å². The first-order valence-corrected chi connectivity index (χ1v) is 8.32. The van der Waals surface area contributed by atoms with Crippen molar-refractivity contribution in [2.45, 2.75) is 6.92 Å². The minimum atomic E-state index is -2.95. The van der Waals surface area contributed by atoms with Gasteiger partial charge in [0.2, 0.25) is 0 Å². The third-order valence-corrected chi connectivity index (χ3v) is 2.96. The highest BCUT2D eigenvalue weighted by Crippen LogP contribution is 1.85. The highest BCUT2D eigenvalue weighted by Gasteiger charge is 2.01. The van der Waals surface area contributed by atoms with Crippen LogP contribution in [0.15, 0.2) is 4.99 Å². The fourth-order valence-corrected chi connectivity index (χ4v) is 1.57. The highest BCUT2D eigenvalue weighted by atomic mass is 32.2. The predicted octanol–water partition coefficient (Wildman–Crippen LogP) is -0.751. The zero-order valence-corrected chi connectivity index (χ0v) is 12.8. The Morgan fingerprint density at radius 3 is 2.53 bits per heavy atom. The second-order valence-electron chi connectivity index (χ2n) is 3.92. The van der Waals surface area contributed by atoms with Gasteiger partial charge in [0.25, 0.3) is 0 Å². The number of ether oxygens (including phenoxy) is 2. The Morgan fingerprint density at radius 1 is 1.21 bits per heavy atom. The molecule has 0 saturated carbocycles. The quantitative estimate of drug-likeness (QED) is 0.313. The smallest absolute Gasteiger partial charge is 0.191 e. The largest absolute Gasteiger partial charge is 0.383 e. The van der Waals surface area contributed by atoms with Crippen molar-refractivity contribution in [2.24, 2.45) is 4.99 Å². The Hall–Kier alpha value is -0.860. The molecule has 19 heavy (non-hydrogen) atoms. The number of methoxy groups -OCH3 is 1. The van der Waals surface area contributed by atoms with Gasteiger partial charge in [-0.3, -0.25) is 4.99 Å². The molecule has 0 bridgehead atoms. The monoisotopic (exact) mass is 295 g/mol. The van der Waals surface area contributed by atoms with E-state index in [0.29, 0.717) is 32.3 Å². The van der Waals surface area contributed by atoms with Crippen molar-refractivity contribution >= 4 is 15.8 Å². The molecule has 0 aromatic rings. The summed E-state index contributed by atoms with van der Waals surface area (Å²) < 4.78 is 31.9. The molecule has 0 amide bonds. The summed E-state index contributed by atoms with van der Waals surface area (Å²) in [5.74, 6) is 0.745. The molecule has 0 unspecified atom stereocenters. The van der Waals surface area contributed by atoms with Crippen LogP contribution in [-0.4, -0.2) is 73.0 Å². The molecule has 0 atom stereocenters. The van der Waals surface area contributed by atoms with Gasteiger partial charge in [-0.2, -0.15) is 0 Å². The lowest BCUT2D eigenvalue weighted by Gasteiger charge is -2.10. The van der Waals surface area contributed by atoms with E-state index in [1.54, 1.807) is 7.11 Å². The van der Waals surface area contributed by atoms with Crippen LogP contribution in [0.4, 0.5) is 0 Å². The molecule has 0 aromatic heterocycles. The Balaban J connectivity index is 3.77. The van der Waals surface area contributed by atoms with Crippen LogP contribution >= 0.6 is 0 Å². The summed E-state index contributed by atoms with van der Waals surface area (Å²) in [6, 6.07) is 0. The van der Waals surface area contributed by atoms with Crippen LogP contribution in [0.3, 0.4) is 0 Å². The number of rotatable bonds is 10. The minimum Gasteiger partial charge on any atom is -0.383 e. The van der Waals surface area contributed by atoms with Crippen molar-refractivity contribution in [3.05, 3.63) is 0 Å². The van der Waals surface area contributed by atoms with Gasteiger partial charge in [0.15, 0.2) is 5.96 Å².